The van der Waals surface area contributed by atoms with Crippen LogP contribution in [0.1, 0.15) is 5.56 Å². The van der Waals surface area contributed by atoms with Crippen LogP contribution < -0.4 is 21.3 Å². The molecule has 100 valence electrons. The van der Waals surface area contributed by atoms with Gasteiger partial charge in [-0.25, -0.2) is 20.8 Å². The molecule has 8 heteroatoms. The molecule has 0 aliphatic rings. The van der Waals surface area contributed by atoms with Crippen molar-refractivity contribution < 1.29 is 4.74 Å². The normalized spacial score (nSPS) is 10.1. The smallest absolute Gasteiger partial charge is 0.212 e. The molecule has 0 atom stereocenters. The second-order valence-corrected chi connectivity index (χ2v) is 4.38. The Morgan fingerprint density at radius 3 is 2.68 bits per heavy atom. The third-order valence-electron chi connectivity index (χ3n) is 2.39. The summed E-state index contributed by atoms with van der Waals surface area (Å²) < 4.78 is 5.68. The first-order valence-corrected chi connectivity index (χ1v) is 6.23. The fourth-order valence-corrected chi connectivity index (χ4v) is 1.88. The Kier molecular flexibility index (Phi) is 4.48. The molecule has 2 aromatic heterocycles. The van der Waals surface area contributed by atoms with E-state index in [-0.39, 0.29) is 0 Å². The molecule has 0 unspecified atom stereocenters. The molecule has 0 amide bonds. The molecule has 0 aromatic carbocycles. The first kappa shape index (κ1) is 13.5. The summed E-state index contributed by atoms with van der Waals surface area (Å²) in [7, 11) is 1.58. The summed E-state index contributed by atoms with van der Waals surface area (Å²) in [6.07, 6.45) is 3.16. The number of nitrogen functional groups attached to an aromatic ring is 1. The summed E-state index contributed by atoms with van der Waals surface area (Å²) >= 11 is 3.37. The summed E-state index contributed by atoms with van der Waals surface area (Å²) in [5.41, 5.74) is 3.49. The zero-order chi connectivity index (χ0) is 13.7. The van der Waals surface area contributed by atoms with Crippen LogP contribution in [-0.2, 0) is 6.54 Å². The van der Waals surface area contributed by atoms with Gasteiger partial charge in [0.25, 0.3) is 0 Å². The SMILES string of the molecule is COc1ccc(CNc2ncnc(NN)c2Br)cn1. The number of nitrogens with zero attached hydrogens (tertiary/aromatic N) is 3. The minimum absolute atomic E-state index is 0.519. The van der Waals surface area contributed by atoms with Gasteiger partial charge in [-0.1, -0.05) is 6.07 Å². The second-order valence-electron chi connectivity index (χ2n) is 3.59. The highest BCUT2D eigenvalue weighted by atomic mass is 79.9. The van der Waals surface area contributed by atoms with Crippen LogP contribution in [-0.4, -0.2) is 22.1 Å². The molecule has 7 nitrogen and oxygen atoms in total. The number of ether oxygens (including phenoxy) is 1. The molecule has 0 fully saturated rings. The number of pyridine rings is 1. The summed E-state index contributed by atoms with van der Waals surface area (Å²) in [6, 6.07) is 3.73. The number of hydrogen-bond donors (Lipinski definition) is 3. The van der Waals surface area contributed by atoms with Crippen LogP contribution in [0.2, 0.25) is 0 Å². The lowest BCUT2D eigenvalue weighted by Gasteiger charge is -2.09. The Labute approximate surface area is 118 Å². The molecule has 0 saturated carbocycles. The van der Waals surface area contributed by atoms with E-state index in [0.29, 0.717) is 28.5 Å². The van der Waals surface area contributed by atoms with Gasteiger partial charge in [0.1, 0.15) is 16.6 Å². The van der Waals surface area contributed by atoms with Crippen molar-refractivity contribution in [1.29, 1.82) is 0 Å². The minimum Gasteiger partial charge on any atom is -0.481 e. The van der Waals surface area contributed by atoms with Crippen molar-refractivity contribution in [3.63, 3.8) is 0 Å². The van der Waals surface area contributed by atoms with Gasteiger partial charge in [-0.2, -0.15) is 0 Å². The summed E-state index contributed by atoms with van der Waals surface area (Å²) in [4.78, 5) is 12.2. The molecule has 2 rings (SSSR count). The zero-order valence-corrected chi connectivity index (χ0v) is 11.8. The number of hydrazine groups is 1. The molecule has 2 heterocycles. The van der Waals surface area contributed by atoms with Crippen LogP contribution in [0.15, 0.2) is 29.1 Å². The van der Waals surface area contributed by atoms with Gasteiger partial charge in [0, 0.05) is 18.8 Å². The molecule has 19 heavy (non-hydrogen) atoms. The second kappa shape index (κ2) is 6.30. The van der Waals surface area contributed by atoms with Crippen molar-refractivity contribution in [1.82, 2.24) is 15.0 Å². The molecular weight excluding hydrogens is 312 g/mol. The number of nitrogens with two attached hydrogens (primary N) is 1. The highest BCUT2D eigenvalue weighted by Crippen LogP contribution is 2.25. The lowest BCUT2D eigenvalue weighted by atomic mass is 10.3. The Morgan fingerprint density at radius 2 is 2.05 bits per heavy atom. The lowest BCUT2D eigenvalue weighted by molar-refractivity contribution is 0.397. The molecule has 4 N–H and O–H groups in total. The van der Waals surface area contributed by atoms with E-state index in [2.05, 4.69) is 41.6 Å². The van der Waals surface area contributed by atoms with E-state index < -0.39 is 0 Å². The highest BCUT2D eigenvalue weighted by molar-refractivity contribution is 9.10. The first-order chi connectivity index (χ1) is 9.24. The highest BCUT2D eigenvalue weighted by Gasteiger charge is 2.07. The van der Waals surface area contributed by atoms with Gasteiger partial charge in [0.05, 0.1) is 7.11 Å². The van der Waals surface area contributed by atoms with E-state index in [1.807, 2.05) is 6.07 Å². The van der Waals surface area contributed by atoms with Gasteiger partial charge in [-0.05, 0) is 21.5 Å². The van der Waals surface area contributed by atoms with E-state index in [9.17, 15) is 0 Å². The molecule has 0 bridgehead atoms. The van der Waals surface area contributed by atoms with Gasteiger partial charge in [0.15, 0.2) is 5.82 Å². The van der Waals surface area contributed by atoms with E-state index in [1.165, 1.54) is 6.33 Å². The van der Waals surface area contributed by atoms with Crippen molar-refractivity contribution in [2.45, 2.75) is 6.54 Å². The van der Waals surface area contributed by atoms with Crippen LogP contribution in [0.5, 0.6) is 5.88 Å². The van der Waals surface area contributed by atoms with E-state index >= 15 is 0 Å². The van der Waals surface area contributed by atoms with Gasteiger partial charge in [0.2, 0.25) is 5.88 Å². The molecular formula is C11H13BrN6O. The Hall–Kier alpha value is -1.93. The van der Waals surface area contributed by atoms with Crippen molar-refractivity contribution in [3.05, 3.63) is 34.7 Å². The predicted octanol–water partition coefficient (Wildman–Crippen LogP) is 1.54. The standard InChI is InChI=1S/C11H13BrN6O/c1-19-8-3-2-7(4-14-8)5-15-10-9(12)11(18-13)17-6-16-10/h2-4,6H,5,13H2,1H3,(H2,15,16,17,18). The third kappa shape index (κ3) is 3.30. The van der Waals surface area contributed by atoms with Crippen LogP contribution in [0.4, 0.5) is 11.6 Å². The number of methoxy groups -OCH3 is 1. The van der Waals surface area contributed by atoms with E-state index in [0.717, 1.165) is 5.56 Å². The Bertz CT molecular complexity index is 547. The fraction of sp³-hybridized carbons (Fsp3) is 0.182. The van der Waals surface area contributed by atoms with Gasteiger partial charge in [-0.15, -0.1) is 0 Å². The maximum absolute atomic E-state index is 5.34. The number of nitrogens with one attached hydrogen (secondary N) is 2. The first-order valence-electron chi connectivity index (χ1n) is 5.44. The molecule has 2 aromatic rings. The lowest BCUT2D eigenvalue weighted by Crippen LogP contribution is -2.11. The van der Waals surface area contributed by atoms with Crippen LogP contribution >= 0.6 is 15.9 Å². The summed E-state index contributed by atoms with van der Waals surface area (Å²) in [5.74, 6) is 7.09. The molecule has 0 saturated heterocycles. The number of aromatic nitrogens is 3. The molecule has 0 radical (unpaired) electrons. The molecule has 0 aliphatic carbocycles. The Morgan fingerprint density at radius 1 is 1.26 bits per heavy atom. The molecule has 0 aliphatic heterocycles. The van der Waals surface area contributed by atoms with Crippen LogP contribution in [0.3, 0.4) is 0 Å². The van der Waals surface area contributed by atoms with Crippen molar-refractivity contribution >= 4 is 27.6 Å². The third-order valence-corrected chi connectivity index (χ3v) is 3.14. The predicted molar refractivity (Wildman–Crippen MR) is 75.7 cm³/mol. The monoisotopic (exact) mass is 324 g/mol. The fourth-order valence-electron chi connectivity index (χ4n) is 1.42. The van der Waals surface area contributed by atoms with Crippen LogP contribution in [0.25, 0.3) is 0 Å². The zero-order valence-electron chi connectivity index (χ0n) is 10.2. The minimum atomic E-state index is 0.519. The largest absolute Gasteiger partial charge is 0.481 e. The summed E-state index contributed by atoms with van der Waals surface area (Å²) in [5, 5.41) is 3.17. The van der Waals surface area contributed by atoms with Crippen molar-refractivity contribution in [2.24, 2.45) is 5.84 Å². The van der Waals surface area contributed by atoms with Crippen LogP contribution in [0, 0.1) is 0 Å². The van der Waals surface area contributed by atoms with Gasteiger partial charge >= 0.3 is 0 Å². The van der Waals surface area contributed by atoms with Crippen molar-refractivity contribution in [3.8, 4) is 5.88 Å². The van der Waals surface area contributed by atoms with Crippen molar-refractivity contribution in [2.75, 3.05) is 17.9 Å². The maximum atomic E-state index is 5.34. The quantitative estimate of drug-likeness (QED) is 0.566. The topological polar surface area (TPSA) is 98.0 Å². The van der Waals surface area contributed by atoms with E-state index in [4.69, 9.17) is 10.6 Å². The average molecular weight is 325 g/mol. The average Bonchev–Trinajstić information content (AvgIpc) is 2.47. The number of rotatable bonds is 5. The van der Waals surface area contributed by atoms with Gasteiger partial charge < -0.3 is 15.5 Å². The number of hydrogen-bond acceptors (Lipinski definition) is 7. The summed E-state index contributed by atoms with van der Waals surface area (Å²) in [6.45, 7) is 0.580. The Balaban J connectivity index is 2.05. The van der Waals surface area contributed by atoms with Gasteiger partial charge in [-0.3, -0.25) is 0 Å². The maximum Gasteiger partial charge on any atom is 0.212 e. The number of anilines is 2. The number of halogens is 1. The molecule has 0 spiro atoms. The van der Waals surface area contributed by atoms with E-state index in [1.54, 1.807) is 19.4 Å².